The molecule has 3 rings (SSSR count). The van der Waals surface area contributed by atoms with Crippen molar-refractivity contribution in [1.29, 1.82) is 0 Å². The van der Waals surface area contributed by atoms with Crippen LogP contribution in [-0.2, 0) is 0 Å². The first-order valence-electron chi connectivity index (χ1n) is 12.6. The number of methoxy groups -OCH3 is 1. The molecule has 0 saturated carbocycles. The molecule has 0 fully saturated rings. The Labute approximate surface area is 235 Å². The van der Waals surface area contributed by atoms with E-state index in [-0.39, 0.29) is 0 Å². The minimum Gasteiger partial charge on any atom is -0.494 e. The average molecular weight is 556 g/mol. The molecule has 0 spiro atoms. The number of hydrazone groups is 1. The lowest BCUT2D eigenvalue weighted by Crippen LogP contribution is -2.23. The average Bonchev–Trinajstić information content (AvgIpc) is 2.93. The van der Waals surface area contributed by atoms with E-state index < -0.39 is 0 Å². The first-order chi connectivity index (χ1) is 18.6. The van der Waals surface area contributed by atoms with E-state index in [9.17, 15) is 0 Å². The zero-order valence-electron chi connectivity index (χ0n) is 21.7. The van der Waals surface area contributed by atoms with Crippen molar-refractivity contribution in [2.24, 2.45) is 5.10 Å². The molecule has 0 bridgehead atoms. The van der Waals surface area contributed by atoms with Crippen LogP contribution in [0.25, 0.3) is 0 Å². The lowest BCUT2D eigenvalue weighted by Gasteiger charge is -2.14. The van der Waals surface area contributed by atoms with Crippen LogP contribution < -0.4 is 29.7 Å². The molecular formula is C29H34ClN3O4S. The van der Waals surface area contributed by atoms with Crippen molar-refractivity contribution in [1.82, 2.24) is 5.43 Å². The highest BCUT2D eigenvalue weighted by Gasteiger charge is 2.12. The van der Waals surface area contributed by atoms with E-state index >= 15 is 0 Å². The highest BCUT2D eigenvalue weighted by atomic mass is 35.5. The van der Waals surface area contributed by atoms with Gasteiger partial charge in [-0.1, -0.05) is 56.0 Å². The molecule has 0 atom stereocenters. The van der Waals surface area contributed by atoms with Crippen LogP contribution in [-0.4, -0.2) is 38.3 Å². The fourth-order valence-electron chi connectivity index (χ4n) is 3.45. The third-order valence-corrected chi connectivity index (χ3v) is 5.83. The summed E-state index contributed by atoms with van der Waals surface area (Å²) in [5.41, 5.74) is 4.37. The normalized spacial score (nSPS) is 10.7. The van der Waals surface area contributed by atoms with Crippen LogP contribution >= 0.6 is 23.8 Å². The largest absolute Gasteiger partial charge is 0.494 e. The molecule has 0 heterocycles. The minimum absolute atomic E-state index is 0.292. The Hall–Kier alpha value is -3.49. The van der Waals surface area contributed by atoms with Gasteiger partial charge in [0.05, 0.1) is 25.0 Å². The summed E-state index contributed by atoms with van der Waals surface area (Å²) in [6, 6.07) is 20.7. The number of unbranched alkanes of at least 4 members (excludes halogenated alkanes) is 3. The molecule has 0 radical (unpaired) electrons. The van der Waals surface area contributed by atoms with Crippen molar-refractivity contribution in [3.8, 4) is 23.0 Å². The number of halogens is 1. The number of hydrogen-bond acceptors (Lipinski definition) is 6. The van der Waals surface area contributed by atoms with E-state index in [1.165, 1.54) is 19.3 Å². The monoisotopic (exact) mass is 555 g/mol. The molecule has 3 aromatic rings. The van der Waals surface area contributed by atoms with E-state index in [0.717, 1.165) is 35.8 Å². The molecule has 0 unspecified atom stereocenters. The van der Waals surface area contributed by atoms with Gasteiger partial charge in [0.25, 0.3) is 0 Å². The quantitative estimate of drug-likeness (QED) is 0.0897. The van der Waals surface area contributed by atoms with Crippen LogP contribution in [0.4, 0.5) is 5.69 Å². The maximum absolute atomic E-state index is 6.47. The number of hydrogen-bond donors (Lipinski definition) is 2. The summed E-state index contributed by atoms with van der Waals surface area (Å²) in [6.45, 7) is 3.57. The highest BCUT2D eigenvalue weighted by Crippen LogP contribution is 2.36. The van der Waals surface area contributed by atoms with Gasteiger partial charge in [0, 0.05) is 5.69 Å². The first kappa shape index (κ1) is 29.1. The zero-order chi connectivity index (χ0) is 27.0. The van der Waals surface area contributed by atoms with Gasteiger partial charge in [-0.15, -0.1) is 0 Å². The predicted octanol–water partition coefficient (Wildman–Crippen LogP) is 7.09. The number of nitrogens with zero attached hydrogens (tertiary/aromatic N) is 1. The van der Waals surface area contributed by atoms with Crippen LogP contribution in [0, 0.1) is 0 Å². The molecule has 3 aromatic carbocycles. The molecule has 0 aliphatic rings. The summed E-state index contributed by atoms with van der Waals surface area (Å²) in [5, 5.41) is 7.98. The van der Waals surface area contributed by atoms with Gasteiger partial charge in [0.15, 0.2) is 16.6 Å². The van der Waals surface area contributed by atoms with Gasteiger partial charge in [-0.05, 0) is 72.7 Å². The Balaban J connectivity index is 1.44. The molecule has 0 saturated heterocycles. The molecule has 0 aliphatic heterocycles. The minimum atomic E-state index is 0.292. The molecule has 0 amide bonds. The van der Waals surface area contributed by atoms with E-state index in [0.29, 0.717) is 34.8 Å². The highest BCUT2D eigenvalue weighted by molar-refractivity contribution is 7.80. The number of ether oxygens (including phenoxy) is 4. The Kier molecular flexibility index (Phi) is 12.5. The smallest absolute Gasteiger partial charge is 0.191 e. The van der Waals surface area contributed by atoms with Crippen LogP contribution in [0.1, 0.15) is 38.2 Å². The number of para-hydroxylation sites is 1. The number of benzene rings is 3. The molecular weight excluding hydrogens is 522 g/mol. The van der Waals surface area contributed by atoms with E-state index in [1.54, 1.807) is 25.5 Å². The zero-order valence-corrected chi connectivity index (χ0v) is 23.3. The molecule has 7 nitrogen and oxygen atoms in total. The van der Waals surface area contributed by atoms with Crippen LogP contribution in [0.2, 0.25) is 5.02 Å². The second kappa shape index (κ2) is 16.4. The van der Waals surface area contributed by atoms with Gasteiger partial charge >= 0.3 is 0 Å². The van der Waals surface area contributed by atoms with Gasteiger partial charge in [0.2, 0.25) is 0 Å². The third kappa shape index (κ3) is 10.1. The van der Waals surface area contributed by atoms with E-state index in [1.807, 2.05) is 54.6 Å². The fraction of sp³-hybridized carbons (Fsp3) is 0.310. The molecule has 38 heavy (non-hydrogen) atoms. The van der Waals surface area contributed by atoms with Crippen LogP contribution in [0.3, 0.4) is 0 Å². The van der Waals surface area contributed by atoms with E-state index in [4.69, 9.17) is 42.8 Å². The van der Waals surface area contributed by atoms with Crippen molar-refractivity contribution < 1.29 is 18.9 Å². The molecule has 0 aromatic heterocycles. The lowest BCUT2D eigenvalue weighted by molar-refractivity contribution is 0.211. The number of thiocarbonyl (C=S) groups is 1. The van der Waals surface area contributed by atoms with E-state index in [2.05, 4.69) is 22.8 Å². The SMILES string of the molecule is CCCCCCOc1ccc(OCCOc2c(Cl)cc(/C=N\NC(=S)Nc3ccccc3)cc2OC)cc1. The Morgan fingerprint density at radius 2 is 1.58 bits per heavy atom. The number of rotatable bonds is 15. The lowest BCUT2D eigenvalue weighted by atomic mass is 10.2. The summed E-state index contributed by atoms with van der Waals surface area (Å²) in [4.78, 5) is 0. The van der Waals surface area contributed by atoms with Crippen molar-refractivity contribution in [2.75, 3.05) is 32.2 Å². The summed E-state index contributed by atoms with van der Waals surface area (Å²) >= 11 is 11.7. The molecule has 9 heteroatoms. The van der Waals surface area contributed by atoms with Crippen molar-refractivity contribution in [3.63, 3.8) is 0 Å². The van der Waals surface area contributed by atoms with Crippen molar-refractivity contribution in [3.05, 3.63) is 77.3 Å². The predicted molar refractivity (Wildman–Crippen MR) is 158 cm³/mol. The first-order valence-corrected chi connectivity index (χ1v) is 13.4. The topological polar surface area (TPSA) is 73.3 Å². The maximum Gasteiger partial charge on any atom is 0.191 e. The van der Waals surface area contributed by atoms with Gasteiger partial charge in [-0.3, -0.25) is 5.43 Å². The van der Waals surface area contributed by atoms with Crippen LogP contribution in [0.5, 0.6) is 23.0 Å². The van der Waals surface area contributed by atoms with Gasteiger partial charge in [-0.2, -0.15) is 5.10 Å². The number of anilines is 1. The maximum atomic E-state index is 6.47. The fourth-order valence-corrected chi connectivity index (χ4v) is 3.90. The van der Waals surface area contributed by atoms with Gasteiger partial charge < -0.3 is 24.3 Å². The van der Waals surface area contributed by atoms with Crippen molar-refractivity contribution >= 4 is 40.8 Å². The summed E-state index contributed by atoms with van der Waals surface area (Å²) < 4.78 is 22.9. The Bertz CT molecular complexity index is 1160. The second-order valence-corrected chi connectivity index (χ2v) is 9.12. The summed E-state index contributed by atoms with van der Waals surface area (Å²) in [5.74, 6) is 2.51. The summed E-state index contributed by atoms with van der Waals surface area (Å²) in [7, 11) is 1.56. The second-order valence-electron chi connectivity index (χ2n) is 8.30. The van der Waals surface area contributed by atoms with Crippen LogP contribution in [0.15, 0.2) is 71.8 Å². The molecule has 2 N–H and O–H groups in total. The standard InChI is InChI=1S/C29H34ClN3O4S/c1-3-4-5-9-16-35-24-12-14-25(15-13-24)36-17-18-37-28-26(30)19-22(20-27(28)34-2)21-31-33-29(38)32-23-10-7-6-8-11-23/h6-8,10-15,19-21H,3-5,9,16-18H2,1-2H3,(H2,32,33,38)/b31-21-. The Morgan fingerprint density at radius 1 is 0.895 bits per heavy atom. The van der Waals surface area contributed by atoms with Gasteiger partial charge in [0.1, 0.15) is 24.7 Å². The molecule has 0 aliphatic carbocycles. The Morgan fingerprint density at radius 3 is 2.26 bits per heavy atom. The molecule has 202 valence electrons. The third-order valence-electron chi connectivity index (χ3n) is 5.35. The number of nitrogens with one attached hydrogen (secondary N) is 2. The summed E-state index contributed by atoms with van der Waals surface area (Å²) in [6.07, 6.45) is 6.32. The van der Waals surface area contributed by atoms with Gasteiger partial charge in [-0.25, -0.2) is 0 Å². The van der Waals surface area contributed by atoms with Crippen molar-refractivity contribution in [2.45, 2.75) is 32.6 Å².